The Morgan fingerprint density at radius 2 is 1.93 bits per heavy atom. The highest BCUT2D eigenvalue weighted by Crippen LogP contribution is 2.26. The van der Waals surface area contributed by atoms with Crippen LogP contribution in [0.4, 0.5) is 0 Å². The molecule has 0 aromatic rings. The van der Waals surface area contributed by atoms with Gasteiger partial charge in [0.05, 0.1) is 6.10 Å². The molecule has 1 aliphatic carbocycles. The Bertz CT molecular complexity index is 210. The Morgan fingerprint density at radius 1 is 1.20 bits per heavy atom. The highest BCUT2D eigenvalue weighted by molar-refractivity contribution is 4.89. The molecule has 3 heteroatoms. The van der Waals surface area contributed by atoms with Crippen LogP contribution in [-0.4, -0.2) is 41.3 Å². The van der Waals surface area contributed by atoms with Crippen molar-refractivity contribution < 1.29 is 5.11 Å². The van der Waals surface area contributed by atoms with Gasteiger partial charge in [-0.1, -0.05) is 19.8 Å². The van der Waals surface area contributed by atoms with Crippen molar-refractivity contribution in [2.45, 2.75) is 57.2 Å². The van der Waals surface area contributed by atoms with Crippen LogP contribution in [0.5, 0.6) is 0 Å². The second-order valence-electron chi connectivity index (χ2n) is 5.34. The summed E-state index contributed by atoms with van der Waals surface area (Å²) in [4.78, 5) is 2.43. The Labute approximate surface area is 92.6 Å². The van der Waals surface area contributed by atoms with Crippen LogP contribution in [-0.2, 0) is 0 Å². The number of rotatable bonds is 1. The van der Waals surface area contributed by atoms with Gasteiger partial charge >= 0.3 is 0 Å². The van der Waals surface area contributed by atoms with Crippen LogP contribution >= 0.6 is 0 Å². The van der Waals surface area contributed by atoms with E-state index in [0.29, 0.717) is 18.0 Å². The van der Waals surface area contributed by atoms with Crippen LogP contribution in [0, 0.1) is 5.92 Å². The topological polar surface area (TPSA) is 49.5 Å². The van der Waals surface area contributed by atoms with E-state index >= 15 is 0 Å². The molecule has 4 atom stereocenters. The molecule has 1 heterocycles. The highest BCUT2D eigenvalue weighted by atomic mass is 16.3. The molecule has 0 radical (unpaired) electrons. The summed E-state index contributed by atoms with van der Waals surface area (Å²) in [6, 6.07) is 0.861. The molecule has 1 saturated carbocycles. The van der Waals surface area contributed by atoms with Gasteiger partial charge in [0.15, 0.2) is 0 Å². The molecule has 2 rings (SSSR count). The van der Waals surface area contributed by atoms with Gasteiger partial charge in [-0.15, -0.1) is 0 Å². The van der Waals surface area contributed by atoms with Gasteiger partial charge in [0, 0.05) is 18.6 Å². The molecular formula is C12H24N2O. The lowest BCUT2D eigenvalue weighted by molar-refractivity contribution is -0.00177. The summed E-state index contributed by atoms with van der Waals surface area (Å²) in [5.74, 6) is 0.459. The molecule has 1 saturated heterocycles. The second-order valence-corrected chi connectivity index (χ2v) is 5.34. The van der Waals surface area contributed by atoms with Gasteiger partial charge < -0.3 is 10.8 Å². The summed E-state index contributed by atoms with van der Waals surface area (Å²) in [7, 11) is 0. The average molecular weight is 212 g/mol. The molecule has 2 fully saturated rings. The number of aliphatic hydroxyl groups is 1. The molecule has 4 unspecified atom stereocenters. The third-order valence-electron chi connectivity index (χ3n) is 4.20. The van der Waals surface area contributed by atoms with Crippen LogP contribution in [0.15, 0.2) is 0 Å². The molecule has 3 N–H and O–H groups in total. The standard InChI is InChI=1S/C12H24N2O/c1-9-6-7-14(8-12(9)15)11-5-3-2-4-10(11)13/h9-12,15H,2-8,13H2,1H3. The fourth-order valence-electron chi connectivity index (χ4n) is 2.97. The highest BCUT2D eigenvalue weighted by Gasteiger charge is 2.32. The Hall–Kier alpha value is -0.120. The van der Waals surface area contributed by atoms with Crippen LogP contribution in [0.25, 0.3) is 0 Å². The number of hydrogen-bond acceptors (Lipinski definition) is 3. The predicted octanol–water partition coefficient (Wildman–Crippen LogP) is 0.959. The van der Waals surface area contributed by atoms with Gasteiger partial charge in [-0.2, -0.15) is 0 Å². The third kappa shape index (κ3) is 2.52. The first-order chi connectivity index (χ1) is 7.18. The lowest BCUT2D eigenvalue weighted by Gasteiger charge is -2.43. The van der Waals surface area contributed by atoms with Crippen molar-refractivity contribution in [1.29, 1.82) is 0 Å². The summed E-state index contributed by atoms with van der Waals surface area (Å²) in [5.41, 5.74) is 6.17. The molecular weight excluding hydrogens is 188 g/mol. The summed E-state index contributed by atoms with van der Waals surface area (Å²) in [6.07, 6.45) is 5.94. The van der Waals surface area contributed by atoms with Crippen LogP contribution < -0.4 is 5.73 Å². The predicted molar refractivity (Wildman–Crippen MR) is 61.6 cm³/mol. The summed E-state index contributed by atoms with van der Waals surface area (Å²) in [5, 5.41) is 9.88. The second kappa shape index (κ2) is 4.81. The molecule has 88 valence electrons. The average Bonchev–Trinajstić information content (AvgIpc) is 2.23. The zero-order valence-electron chi connectivity index (χ0n) is 9.73. The van der Waals surface area contributed by atoms with Gasteiger partial charge in [0.25, 0.3) is 0 Å². The van der Waals surface area contributed by atoms with Crippen molar-refractivity contribution in [3.05, 3.63) is 0 Å². The van der Waals surface area contributed by atoms with E-state index in [1.807, 2.05) is 0 Å². The first-order valence-electron chi connectivity index (χ1n) is 6.36. The molecule has 0 aromatic carbocycles. The maximum Gasteiger partial charge on any atom is 0.0693 e. The van der Waals surface area contributed by atoms with E-state index in [9.17, 15) is 5.11 Å². The largest absolute Gasteiger partial charge is 0.392 e. The molecule has 0 spiro atoms. The van der Waals surface area contributed by atoms with E-state index in [0.717, 1.165) is 25.9 Å². The Kier molecular flexibility index (Phi) is 3.65. The number of aliphatic hydroxyl groups excluding tert-OH is 1. The molecule has 15 heavy (non-hydrogen) atoms. The lowest BCUT2D eigenvalue weighted by Crippen LogP contribution is -2.55. The van der Waals surface area contributed by atoms with Crippen molar-refractivity contribution >= 4 is 0 Å². The summed E-state index contributed by atoms with van der Waals surface area (Å²) < 4.78 is 0. The Balaban J connectivity index is 1.92. The smallest absolute Gasteiger partial charge is 0.0693 e. The normalized spacial score (nSPS) is 44.2. The summed E-state index contributed by atoms with van der Waals surface area (Å²) in [6.45, 7) is 4.10. The van der Waals surface area contributed by atoms with Crippen LogP contribution in [0.2, 0.25) is 0 Å². The van der Waals surface area contributed by atoms with Crippen molar-refractivity contribution in [2.24, 2.45) is 11.7 Å². The number of hydrogen-bond donors (Lipinski definition) is 2. The molecule has 2 aliphatic rings. The van der Waals surface area contributed by atoms with E-state index in [-0.39, 0.29) is 6.10 Å². The first-order valence-corrected chi connectivity index (χ1v) is 6.36. The number of nitrogens with zero attached hydrogens (tertiary/aromatic N) is 1. The van der Waals surface area contributed by atoms with Crippen molar-refractivity contribution in [3.8, 4) is 0 Å². The summed E-state index contributed by atoms with van der Waals surface area (Å²) >= 11 is 0. The number of piperidine rings is 1. The molecule has 0 bridgehead atoms. The SMILES string of the molecule is CC1CCN(C2CCCCC2N)CC1O. The van der Waals surface area contributed by atoms with Crippen molar-refractivity contribution in [2.75, 3.05) is 13.1 Å². The van der Waals surface area contributed by atoms with Crippen molar-refractivity contribution in [3.63, 3.8) is 0 Å². The molecule has 1 aliphatic heterocycles. The Morgan fingerprint density at radius 3 is 2.60 bits per heavy atom. The van der Waals surface area contributed by atoms with Gasteiger partial charge in [0.2, 0.25) is 0 Å². The number of β-amino-alcohol motifs (C(OH)–C–C–N with tert-alkyl or cyclic N) is 1. The minimum absolute atomic E-state index is 0.145. The lowest BCUT2D eigenvalue weighted by atomic mass is 9.87. The minimum Gasteiger partial charge on any atom is -0.392 e. The van der Waals surface area contributed by atoms with Gasteiger partial charge in [-0.05, 0) is 31.7 Å². The fraction of sp³-hybridized carbons (Fsp3) is 1.00. The van der Waals surface area contributed by atoms with Gasteiger partial charge in [-0.3, -0.25) is 4.90 Å². The first kappa shape index (κ1) is 11.4. The molecule has 0 aromatic heterocycles. The van der Waals surface area contributed by atoms with Gasteiger partial charge in [-0.25, -0.2) is 0 Å². The monoisotopic (exact) mass is 212 g/mol. The van der Waals surface area contributed by atoms with E-state index in [1.165, 1.54) is 19.3 Å². The fourth-order valence-corrected chi connectivity index (χ4v) is 2.97. The maximum absolute atomic E-state index is 9.88. The van der Waals surface area contributed by atoms with Crippen LogP contribution in [0.1, 0.15) is 39.0 Å². The van der Waals surface area contributed by atoms with E-state index < -0.39 is 0 Å². The number of nitrogens with two attached hydrogens (primary N) is 1. The van der Waals surface area contributed by atoms with E-state index in [4.69, 9.17) is 5.73 Å². The van der Waals surface area contributed by atoms with E-state index in [2.05, 4.69) is 11.8 Å². The zero-order valence-corrected chi connectivity index (χ0v) is 9.73. The molecule has 0 amide bonds. The molecule has 3 nitrogen and oxygen atoms in total. The number of likely N-dealkylation sites (tertiary alicyclic amines) is 1. The van der Waals surface area contributed by atoms with Crippen molar-refractivity contribution in [1.82, 2.24) is 4.90 Å². The third-order valence-corrected chi connectivity index (χ3v) is 4.20. The van der Waals surface area contributed by atoms with E-state index in [1.54, 1.807) is 0 Å². The van der Waals surface area contributed by atoms with Gasteiger partial charge in [0.1, 0.15) is 0 Å². The quantitative estimate of drug-likeness (QED) is 0.680. The zero-order chi connectivity index (χ0) is 10.8. The minimum atomic E-state index is -0.145. The maximum atomic E-state index is 9.88. The van der Waals surface area contributed by atoms with Crippen LogP contribution in [0.3, 0.4) is 0 Å².